The molecule has 172 valence electrons. The van der Waals surface area contributed by atoms with E-state index >= 15 is 0 Å². The van der Waals surface area contributed by atoms with Crippen LogP contribution in [0, 0.1) is 0 Å². The molecule has 0 aliphatic rings. The summed E-state index contributed by atoms with van der Waals surface area (Å²) in [6.45, 7) is 4.05. The summed E-state index contributed by atoms with van der Waals surface area (Å²) in [6.07, 6.45) is -8.10. The minimum atomic E-state index is -4.89. The van der Waals surface area contributed by atoms with Crippen molar-refractivity contribution >= 4 is 23.1 Å². The van der Waals surface area contributed by atoms with E-state index in [-0.39, 0.29) is 16.4 Å². The van der Waals surface area contributed by atoms with Gasteiger partial charge in [-0.25, -0.2) is 9.97 Å². The van der Waals surface area contributed by atoms with Crippen LogP contribution in [0.15, 0.2) is 18.5 Å². The second kappa shape index (κ2) is 8.99. The quantitative estimate of drug-likeness (QED) is 0.520. The summed E-state index contributed by atoms with van der Waals surface area (Å²) in [5.41, 5.74) is -2.83. The predicted octanol–water partition coefficient (Wildman–Crippen LogP) is 4.48. The van der Waals surface area contributed by atoms with Crippen LogP contribution in [0.25, 0.3) is 10.4 Å². The van der Waals surface area contributed by atoms with Gasteiger partial charge in [-0.3, -0.25) is 4.79 Å². The SMILES string of the molecule is CC[C@H](Nc1cc(C(F)(F)F)c(-c2cnc(C(=O)NCC(C)(C)O)s2)cn1)C(F)(F)F. The summed E-state index contributed by atoms with van der Waals surface area (Å²) >= 11 is 0.658. The third-order valence-corrected chi connectivity index (χ3v) is 5.01. The Morgan fingerprint density at radius 3 is 2.32 bits per heavy atom. The lowest BCUT2D eigenvalue weighted by molar-refractivity contribution is -0.142. The first-order valence-corrected chi connectivity index (χ1v) is 9.80. The van der Waals surface area contributed by atoms with E-state index in [4.69, 9.17) is 0 Å². The van der Waals surface area contributed by atoms with Gasteiger partial charge < -0.3 is 15.7 Å². The molecule has 1 amide bonds. The van der Waals surface area contributed by atoms with Crippen molar-refractivity contribution in [2.24, 2.45) is 0 Å². The van der Waals surface area contributed by atoms with Gasteiger partial charge in [-0.1, -0.05) is 6.92 Å². The van der Waals surface area contributed by atoms with Gasteiger partial charge in [0, 0.05) is 24.5 Å². The Kier molecular flexibility index (Phi) is 7.21. The Hall–Kier alpha value is -2.41. The number of thiazole rings is 1. The number of carbonyl (C=O) groups excluding carboxylic acids is 1. The molecule has 0 bridgehead atoms. The molecule has 31 heavy (non-hydrogen) atoms. The maximum atomic E-state index is 13.6. The minimum absolute atomic E-state index is 0.0392. The molecule has 2 heterocycles. The summed E-state index contributed by atoms with van der Waals surface area (Å²) in [6, 6.07) is -1.56. The average molecular weight is 470 g/mol. The highest BCUT2D eigenvalue weighted by Gasteiger charge is 2.40. The highest BCUT2D eigenvalue weighted by Crippen LogP contribution is 2.40. The number of aromatic nitrogens is 2. The van der Waals surface area contributed by atoms with Gasteiger partial charge in [-0.15, -0.1) is 11.3 Å². The molecule has 0 saturated heterocycles. The first kappa shape index (κ1) is 24.9. The molecule has 2 aromatic heterocycles. The van der Waals surface area contributed by atoms with Crippen LogP contribution in [-0.4, -0.2) is 45.3 Å². The maximum absolute atomic E-state index is 13.6. The number of hydrogen-bond donors (Lipinski definition) is 3. The van der Waals surface area contributed by atoms with Crippen molar-refractivity contribution in [1.29, 1.82) is 0 Å². The molecule has 3 N–H and O–H groups in total. The summed E-state index contributed by atoms with van der Waals surface area (Å²) < 4.78 is 79.5. The van der Waals surface area contributed by atoms with E-state index in [1.165, 1.54) is 20.8 Å². The van der Waals surface area contributed by atoms with Crippen molar-refractivity contribution in [3.05, 3.63) is 29.0 Å². The zero-order valence-corrected chi connectivity index (χ0v) is 17.5. The summed E-state index contributed by atoms with van der Waals surface area (Å²) in [5, 5.41) is 13.9. The first-order valence-electron chi connectivity index (χ1n) is 8.99. The normalized spacial score (nSPS) is 13.7. The van der Waals surface area contributed by atoms with Crippen molar-refractivity contribution < 1.29 is 36.2 Å². The molecule has 1 atom stereocenters. The van der Waals surface area contributed by atoms with E-state index in [9.17, 15) is 36.2 Å². The minimum Gasteiger partial charge on any atom is -0.389 e. The van der Waals surface area contributed by atoms with E-state index in [0.29, 0.717) is 17.4 Å². The van der Waals surface area contributed by atoms with Gasteiger partial charge in [-0.05, 0) is 26.3 Å². The van der Waals surface area contributed by atoms with Crippen molar-refractivity contribution in [3.8, 4) is 10.4 Å². The molecule has 0 aliphatic heterocycles. The summed E-state index contributed by atoms with van der Waals surface area (Å²) in [7, 11) is 0. The molecule has 0 saturated carbocycles. The second-order valence-corrected chi connectivity index (χ2v) is 8.32. The molecule has 0 aliphatic carbocycles. The van der Waals surface area contributed by atoms with Gasteiger partial charge in [0.05, 0.1) is 16.0 Å². The van der Waals surface area contributed by atoms with E-state index < -0.39 is 53.3 Å². The van der Waals surface area contributed by atoms with Gasteiger partial charge in [-0.2, -0.15) is 26.3 Å². The van der Waals surface area contributed by atoms with Crippen LogP contribution >= 0.6 is 11.3 Å². The number of alkyl halides is 6. The number of aliphatic hydroxyl groups is 1. The Morgan fingerprint density at radius 2 is 1.81 bits per heavy atom. The lowest BCUT2D eigenvalue weighted by atomic mass is 10.1. The van der Waals surface area contributed by atoms with Crippen LogP contribution in [0.2, 0.25) is 0 Å². The second-order valence-electron chi connectivity index (χ2n) is 7.28. The van der Waals surface area contributed by atoms with E-state index in [1.807, 2.05) is 5.32 Å². The topological polar surface area (TPSA) is 87.1 Å². The average Bonchev–Trinajstić information content (AvgIpc) is 3.11. The number of rotatable bonds is 7. The third-order valence-electron chi connectivity index (χ3n) is 3.98. The lowest BCUT2D eigenvalue weighted by Gasteiger charge is -2.21. The lowest BCUT2D eigenvalue weighted by Crippen LogP contribution is -2.38. The monoisotopic (exact) mass is 470 g/mol. The van der Waals surface area contributed by atoms with Crippen molar-refractivity contribution in [2.75, 3.05) is 11.9 Å². The van der Waals surface area contributed by atoms with Crippen LogP contribution < -0.4 is 10.6 Å². The fraction of sp³-hybridized carbons (Fsp3) is 0.500. The third kappa shape index (κ3) is 6.79. The van der Waals surface area contributed by atoms with E-state index in [1.54, 1.807) is 0 Å². The smallest absolute Gasteiger partial charge is 0.389 e. The number of carbonyl (C=O) groups is 1. The molecular weight excluding hydrogens is 450 g/mol. The number of nitrogens with one attached hydrogen (secondary N) is 2. The number of amides is 1. The number of nitrogens with zero attached hydrogens (tertiary/aromatic N) is 2. The number of anilines is 1. The molecule has 6 nitrogen and oxygen atoms in total. The fourth-order valence-electron chi connectivity index (χ4n) is 2.43. The number of hydrogen-bond acceptors (Lipinski definition) is 6. The Labute approximate surface area is 177 Å². The predicted molar refractivity (Wildman–Crippen MR) is 103 cm³/mol. The van der Waals surface area contributed by atoms with Crippen molar-refractivity contribution in [2.45, 2.75) is 51.2 Å². The zero-order valence-electron chi connectivity index (χ0n) is 16.6. The molecule has 0 radical (unpaired) electrons. The van der Waals surface area contributed by atoms with Gasteiger partial charge in [0.1, 0.15) is 11.9 Å². The fourth-order valence-corrected chi connectivity index (χ4v) is 3.29. The van der Waals surface area contributed by atoms with Crippen LogP contribution in [0.3, 0.4) is 0 Å². The van der Waals surface area contributed by atoms with Crippen molar-refractivity contribution in [3.63, 3.8) is 0 Å². The van der Waals surface area contributed by atoms with E-state index in [2.05, 4.69) is 15.3 Å². The highest BCUT2D eigenvalue weighted by molar-refractivity contribution is 7.17. The molecule has 2 aromatic rings. The van der Waals surface area contributed by atoms with E-state index in [0.717, 1.165) is 12.4 Å². The van der Waals surface area contributed by atoms with Crippen LogP contribution in [0.1, 0.15) is 42.6 Å². The van der Waals surface area contributed by atoms with Gasteiger partial charge in [0.2, 0.25) is 0 Å². The first-order chi connectivity index (χ1) is 14.1. The zero-order chi connectivity index (χ0) is 23.6. The standard InChI is InChI=1S/C18H20F6N4O2S/c1-4-12(18(22,23)24)28-13-5-10(17(19,20)21)9(6-25-13)11-7-26-15(31-11)14(29)27-8-16(2,3)30/h5-7,12,30H,4,8H2,1-3H3,(H,25,28)(H,27,29)/t12-/m0/s1. The Morgan fingerprint density at radius 1 is 1.16 bits per heavy atom. The van der Waals surface area contributed by atoms with Gasteiger partial charge in [0.15, 0.2) is 5.01 Å². The molecular formula is C18H20F6N4O2S. The van der Waals surface area contributed by atoms with Crippen LogP contribution in [-0.2, 0) is 6.18 Å². The highest BCUT2D eigenvalue weighted by atomic mass is 32.1. The number of pyridine rings is 1. The summed E-state index contributed by atoms with van der Waals surface area (Å²) in [4.78, 5) is 19.5. The molecule has 0 spiro atoms. The largest absolute Gasteiger partial charge is 0.417 e. The molecule has 0 fully saturated rings. The molecule has 2 rings (SSSR count). The Balaban J connectivity index is 2.35. The molecule has 13 heteroatoms. The van der Waals surface area contributed by atoms with Crippen LogP contribution in [0.4, 0.5) is 32.2 Å². The van der Waals surface area contributed by atoms with Crippen LogP contribution in [0.5, 0.6) is 0 Å². The van der Waals surface area contributed by atoms with Gasteiger partial charge in [0.25, 0.3) is 5.91 Å². The van der Waals surface area contributed by atoms with Gasteiger partial charge >= 0.3 is 12.4 Å². The maximum Gasteiger partial charge on any atom is 0.417 e. The number of halogens is 6. The molecule has 0 unspecified atom stereocenters. The van der Waals surface area contributed by atoms with Crippen molar-refractivity contribution in [1.82, 2.24) is 15.3 Å². The Bertz CT molecular complexity index is 921. The summed E-state index contributed by atoms with van der Waals surface area (Å²) in [5.74, 6) is -1.26. The molecule has 0 aromatic carbocycles.